The summed E-state index contributed by atoms with van der Waals surface area (Å²) in [5.74, 6) is -0.918. The van der Waals surface area contributed by atoms with Crippen LogP contribution in [0.15, 0.2) is 24.3 Å². The van der Waals surface area contributed by atoms with Crippen molar-refractivity contribution in [1.29, 1.82) is 5.26 Å². The second-order valence-corrected chi connectivity index (χ2v) is 4.61. The van der Waals surface area contributed by atoms with Gasteiger partial charge in [0, 0.05) is 6.42 Å². The standard InChI is InChI=1S/C16H15FN2O2/c1-3-8-19-16(21)14(10-18)15(20)9-11(2)12-4-6-13(17)7-5-12/h1,4-7,11,14H,8-9H2,2H3,(H,19,21)/t11-,14-/m1/s1. The predicted octanol–water partition coefficient (Wildman–Crippen LogP) is 1.78. The van der Waals surface area contributed by atoms with Crippen molar-refractivity contribution in [2.45, 2.75) is 19.3 Å². The summed E-state index contributed by atoms with van der Waals surface area (Å²) in [6.45, 7) is 1.75. The number of amides is 1. The normalized spacial score (nSPS) is 12.6. The Labute approximate surface area is 123 Å². The molecule has 21 heavy (non-hydrogen) atoms. The molecule has 0 unspecified atom stereocenters. The highest BCUT2D eigenvalue weighted by Crippen LogP contribution is 2.21. The maximum atomic E-state index is 12.8. The fourth-order valence-electron chi connectivity index (χ4n) is 1.85. The van der Waals surface area contributed by atoms with Crippen molar-refractivity contribution in [2.75, 3.05) is 6.54 Å². The predicted molar refractivity (Wildman–Crippen MR) is 75.4 cm³/mol. The van der Waals surface area contributed by atoms with Crippen molar-refractivity contribution in [3.8, 4) is 18.4 Å². The van der Waals surface area contributed by atoms with Gasteiger partial charge in [0.25, 0.3) is 0 Å². The number of nitriles is 1. The first kappa shape index (κ1) is 16.4. The van der Waals surface area contributed by atoms with Gasteiger partial charge in [-0.25, -0.2) is 4.39 Å². The zero-order chi connectivity index (χ0) is 15.8. The summed E-state index contributed by atoms with van der Waals surface area (Å²) in [6.07, 6.45) is 5.02. The van der Waals surface area contributed by atoms with E-state index in [1.807, 2.05) is 0 Å². The van der Waals surface area contributed by atoms with Crippen molar-refractivity contribution in [3.05, 3.63) is 35.6 Å². The molecule has 0 aliphatic rings. The van der Waals surface area contributed by atoms with Crippen molar-refractivity contribution in [3.63, 3.8) is 0 Å². The number of ketones is 1. The third-order valence-electron chi connectivity index (χ3n) is 3.02. The monoisotopic (exact) mass is 286 g/mol. The van der Waals surface area contributed by atoms with Crippen LogP contribution in [-0.2, 0) is 9.59 Å². The third kappa shape index (κ3) is 4.74. The van der Waals surface area contributed by atoms with Crippen LogP contribution in [0, 0.1) is 35.4 Å². The Kier molecular flexibility index (Phi) is 6.10. The van der Waals surface area contributed by atoms with E-state index < -0.39 is 17.6 Å². The van der Waals surface area contributed by atoms with E-state index in [1.54, 1.807) is 25.1 Å². The Balaban J connectivity index is 2.70. The molecule has 0 bridgehead atoms. The molecule has 108 valence electrons. The molecule has 0 spiro atoms. The molecule has 4 nitrogen and oxygen atoms in total. The maximum absolute atomic E-state index is 12.8. The van der Waals surface area contributed by atoms with E-state index in [4.69, 9.17) is 11.7 Å². The molecule has 0 heterocycles. The smallest absolute Gasteiger partial charge is 0.245 e. The van der Waals surface area contributed by atoms with Crippen LogP contribution in [0.1, 0.15) is 24.8 Å². The highest BCUT2D eigenvalue weighted by atomic mass is 19.1. The number of hydrogen-bond acceptors (Lipinski definition) is 3. The van der Waals surface area contributed by atoms with E-state index in [2.05, 4.69) is 11.2 Å². The Morgan fingerprint density at radius 3 is 2.52 bits per heavy atom. The maximum Gasteiger partial charge on any atom is 0.245 e. The molecule has 0 radical (unpaired) electrons. The molecule has 0 saturated carbocycles. The molecule has 0 fully saturated rings. The van der Waals surface area contributed by atoms with Gasteiger partial charge in [0.15, 0.2) is 11.7 Å². The van der Waals surface area contributed by atoms with Crippen molar-refractivity contribution >= 4 is 11.7 Å². The minimum Gasteiger partial charge on any atom is -0.344 e. The minimum atomic E-state index is -1.37. The summed E-state index contributed by atoms with van der Waals surface area (Å²) in [4.78, 5) is 23.7. The summed E-state index contributed by atoms with van der Waals surface area (Å²) < 4.78 is 12.8. The van der Waals surface area contributed by atoms with Crippen LogP contribution in [0.4, 0.5) is 4.39 Å². The number of benzene rings is 1. The molecule has 1 rings (SSSR count). The summed E-state index contributed by atoms with van der Waals surface area (Å²) in [7, 11) is 0. The third-order valence-corrected chi connectivity index (χ3v) is 3.02. The summed E-state index contributed by atoms with van der Waals surface area (Å²) in [5.41, 5.74) is 0.769. The molecule has 1 aromatic carbocycles. The average Bonchev–Trinajstić information content (AvgIpc) is 2.46. The highest BCUT2D eigenvalue weighted by Gasteiger charge is 2.27. The van der Waals surface area contributed by atoms with Gasteiger partial charge in [-0.1, -0.05) is 25.0 Å². The lowest BCUT2D eigenvalue weighted by molar-refractivity contribution is -0.131. The van der Waals surface area contributed by atoms with Crippen LogP contribution in [0.5, 0.6) is 0 Å². The quantitative estimate of drug-likeness (QED) is 0.640. The van der Waals surface area contributed by atoms with Crippen LogP contribution < -0.4 is 5.32 Å². The zero-order valence-corrected chi connectivity index (χ0v) is 11.6. The van der Waals surface area contributed by atoms with Crippen LogP contribution >= 0.6 is 0 Å². The average molecular weight is 286 g/mol. The molecule has 0 aromatic heterocycles. The van der Waals surface area contributed by atoms with Crippen LogP contribution in [0.2, 0.25) is 0 Å². The first-order chi connectivity index (χ1) is 9.99. The summed E-state index contributed by atoms with van der Waals surface area (Å²) >= 11 is 0. The van der Waals surface area contributed by atoms with Crippen LogP contribution in [0.3, 0.4) is 0 Å². The molecule has 1 amide bonds. The Morgan fingerprint density at radius 2 is 2.00 bits per heavy atom. The lowest BCUT2D eigenvalue weighted by Crippen LogP contribution is -2.35. The van der Waals surface area contributed by atoms with Gasteiger partial charge in [-0.2, -0.15) is 5.26 Å². The van der Waals surface area contributed by atoms with Crippen LogP contribution in [0.25, 0.3) is 0 Å². The van der Waals surface area contributed by atoms with E-state index >= 15 is 0 Å². The van der Waals surface area contributed by atoms with Crippen LogP contribution in [-0.4, -0.2) is 18.2 Å². The number of terminal acetylenes is 1. The van der Waals surface area contributed by atoms with Gasteiger partial charge in [-0.3, -0.25) is 9.59 Å². The number of nitrogens with zero attached hydrogens (tertiary/aromatic N) is 1. The fourth-order valence-corrected chi connectivity index (χ4v) is 1.85. The highest BCUT2D eigenvalue weighted by molar-refractivity contribution is 6.04. The van der Waals surface area contributed by atoms with E-state index in [-0.39, 0.29) is 24.7 Å². The van der Waals surface area contributed by atoms with E-state index in [0.29, 0.717) is 0 Å². The molecule has 0 saturated heterocycles. The Bertz CT molecular complexity index is 596. The largest absolute Gasteiger partial charge is 0.344 e. The molecule has 2 atom stereocenters. The summed E-state index contributed by atoms with van der Waals surface area (Å²) in [6, 6.07) is 7.45. The second kappa shape index (κ2) is 7.81. The molecule has 0 aliphatic heterocycles. The first-order valence-electron chi connectivity index (χ1n) is 6.38. The van der Waals surface area contributed by atoms with E-state index in [9.17, 15) is 14.0 Å². The molecule has 1 aromatic rings. The number of carbonyl (C=O) groups excluding carboxylic acids is 2. The molecule has 5 heteroatoms. The number of Topliss-reactive ketones (excluding diaryl/α,β-unsaturated/α-hetero) is 1. The number of carbonyl (C=O) groups is 2. The lowest BCUT2D eigenvalue weighted by atomic mass is 9.91. The Hall–Kier alpha value is -2.66. The lowest BCUT2D eigenvalue weighted by Gasteiger charge is -2.13. The number of hydrogen-bond donors (Lipinski definition) is 1. The van der Waals surface area contributed by atoms with E-state index in [0.717, 1.165) is 5.56 Å². The fraction of sp³-hybridized carbons (Fsp3) is 0.312. The molecule has 0 aliphatic carbocycles. The number of rotatable bonds is 6. The van der Waals surface area contributed by atoms with Gasteiger partial charge >= 0.3 is 0 Å². The van der Waals surface area contributed by atoms with Gasteiger partial charge < -0.3 is 5.32 Å². The zero-order valence-electron chi connectivity index (χ0n) is 11.6. The van der Waals surface area contributed by atoms with Crippen molar-refractivity contribution in [1.82, 2.24) is 5.32 Å². The number of nitrogens with one attached hydrogen (secondary N) is 1. The molecule has 1 N–H and O–H groups in total. The second-order valence-electron chi connectivity index (χ2n) is 4.61. The minimum absolute atomic E-state index is 0.0212. The molecular weight excluding hydrogens is 271 g/mol. The van der Waals surface area contributed by atoms with Gasteiger partial charge in [-0.05, 0) is 23.6 Å². The van der Waals surface area contributed by atoms with Crippen molar-refractivity contribution in [2.24, 2.45) is 5.92 Å². The van der Waals surface area contributed by atoms with Gasteiger partial charge in [0.05, 0.1) is 12.6 Å². The van der Waals surface area contributed by atoms with Crippen molar-refractivity contribution < 1.29 is 14.0 Å². The number of halogens is 1. The first-order valence-corrected chi connectivity index (χ1v) is 6.38. The van der Waals surface area contributed by atoms with E-state index in [1.165, 1.54) is 12.1 Å². The SMILES string of the molecule is C#CCNC(=O)[C@H](C#N)C(=O)C[C@@H](C)c1ccc(F)cc1. The topological polar surface area (TPSA) is 70.0 Å². The summed E-state index contributed by atoms with van der Waals surface area (Å²) in [5, 5.41) is 11.3. The van der Waals surface area contributed by atoms with Gasteiger partial charge in [0.2, 0.25) is 5.91 Å². The molecular formula is C16H15FN2O2. The Morgan fingerprint density at radius 1 is 1.38 bits per heavy atom. The van der Waals surface area contributed by atoms with Gasteiger partial charge in [-0.15, -0.1) is 6.42 Å². The van der Waals surface area contributed by atoms with Gasteiger partial charge in [0.1, 0.15) is 5.82 Å².